The van der Waals surface area contributed by atoms with Gasteiger partial charge in [-0.2, -0.15) is 0 Å². The lowest BCUT2D eigenvalue weighted by molar-refractivity contribution is -0.124. The number of nitrogens with zero attached hydrogens (tertiary/aromatic N) is 1. The molecule has 1 unspecified atom stereocenters. The summed E-state index contributed by atoms with van der Waals surface area (Å²) in [5, 5.41) is 6.19. The highest BCUT2D eigenvalue weighted by molar-refractivity contribution is 9.10. The highest BCUT2D eigenvalue weighted by atomic mass is 79.9. The smallest absolute Gasteiger partial charge is 0.226 e. The molecule has 1 atom stereocenters. The summed E-state index contributed by atoms with van der Waals surface area (Å²) in [4.78, 5) is 27.8. The summed E-state index contributed by atoms with van der Waals surface area (Å²) < 4.78 is 0.833. The minimum absolute atomic E-state index is 0.110. The molecular formula is C18H19BrClN3O2. The molecule has 2 N–H and O–H groups in total. The van der Waals surface area contributed by atoms with Crippen molar-refractivity contribution in [2.24, 2.45) is 0 Å². The lowest BCUT2D eigenvalue weighted by Crippen LogP contribution is -2.28. The van der Waals surface area contributed by atoms with Gasteiger partial charge in [0.1, 0.15) is 5.82 Å². The van der Waals surface area contributed by atoms with Crippen molar-refractivity contribution in [1.82, 2.24) is 10.3 Å². The molecule has 0 saturated heterocycles. The van der Waals surface area contributed by atoms with Gasteiger partial charge in [-0.3, -0.25) is 9.59 Å². The maximum absolute atomic E-state index is 11.9. The third-order valence-electron chi connectivity index (χ3n) is 3.62. The molecule has 0 fully saturated rings. The average molecular weight is 425 g/mol. The van der Waals surface area contributed by atoms with Crippen molar-refractivity contribution in [2.45, 2.75) is 25.7 Å². The van der Waals surface area contributed by atoms with Crippen LogP contribution in [0.15, 0.2) is 47.1 Å². The summed E-state index contributed by atoms with van der Waals surface area (Å²) in [6, 6.07) is 11.0. The van der Waals surface area contributed by atoms with E-state index in [1.807, 2.05) is 31.2 Å². The first kappa shape index (κ1) is 19.4. The van der Waals surface area contributed by atoms with Crippen molar-refractivity contribution < 1.29 is 9.59 Å². The molecule has 2 rings (SSSR count). The Morgan fingerprint density at radius 3 is 2.44 bits per heavy atom. The zero-order valence-electron chi connectivity index (χ0n) is 13.8. The predicted octanol–water partition coefficient (Wildman–Crippen LogP) is 4.14. The normalized spacial score (nSPS) is 11.6. The summed E-state index contributed by atoms with van der Waals surface area (Å²) in [7, 11) is 0. The molecule has 0 bridgehead atoms. The van der Waals surface area contributed by atoms with Crippen molar-refractivity contribution in [3.8, 4) is 0 Å². The summed E-state index contributed by atoms with van der Waals surface area (Å²) in [5.41, 5.74) is 1.10. The maximum atomic E-state index is 11.9. The number of hydrogen-bond donors (Lipinski definition) is 2. The van der Waals surface area contributed by atoms with Gasteiger partial charge >= 0.3 is 0 Å². The molecule has 1 heterocycles. The highest BCUT2D eigenvalue weighted by Crippen LogP contribution is 2.17. The number of aromatic nitrogens is 1. The van der Waals surface area contributed by atoms with Crippen LogP contribution < -0.4 is 10.6 Å². The van der Waals surface area contributed by atoms with E-state index < -0.39 is 0 Å². The van der Waals surface area contributed by atoms with Gasteiger partial charge in [-0.25, -0.2) is 4.98 Å². The van der Waals surface area contributed by atoms with Gasteiger partial charge in [0.05, 0.1) is 0 Å². The molecule has 5 nitrogen and oxygen atoms in total. The number of hydrogen-bond acceptors (Lipinski definition) is 3. The molecule has 2 amide bonds. The first-order chi connectivity index (χ1) is 11.9. The van der Waals surface area contributed by atoms with E-state index in [-0.39, 0.29) is 30.6 Å². The fourth-order valence-electron chi connectivity index (χ4n) is 2.15. The molecule has 0 aliphatic rings. The fourth-order valence-corrected chi connectivity index (χ4v) is 2.51. The Balaban J connectivity index is 1.70. The summed E-state index contributed by atoms with van der Waals surface area (Å²) in [6.45, 7) is 2.53. The SMILES string of the molecule is CC(CNC(=O)CCC(=O)Nc1ccc(Br)cn1)c1ccc(Cl)cc1. The van der Waals surface area contributed by atoms with Gasteiger partial charge in [-0.1, -0.05) is 30.7 Å². The Hall–Kier alpha value is -1.92. The van der Waals surface area contributed by atoms with Gasteiger partial charge in [-0.05, 0) is 51.7 Å². The zero-order valence-corrected chi connectivity index (χ0v) is 16.1. The summed E-state index contributed by atoms with van der Waals surface area (Å²) in [5.74, 6) is 0.238. The van der Waals surface area contributed by atoms with Crippen LogP contribution in [-0.2, 0) is 9.59 Å². The minimum Gasteiger partial charge on any atom is -0.355 e. The molecule has 132 valence electrons. The monoisotopic (exact) mass is 423 g/mol. The van der Waals surface area contributed by atoms with Crippen LogP contribution in [0, 0.1) is 0 Å². The van der Waals surface area contributed by atoms with Gasteiger partial charge < -0.3 is 10.6 Å². The molecule has 2 aromatic rings. The van der Waals surface area contributed by atoms with Gasteiger partial charge in [0, 0.05) is 35.1 Å². The number of carbonyl (C=O) groups is 2. The Morgan fingerprint density at radius 2 is 1.80 bits per heavy atom. The summed E-state index contributed by atoms with van der Waals surface area (Å²) in [6.07, 6.45) is 1.84. The zero-order chi connectivity index (χ0) is 18.2. The van der Waals surface area contributed by atoms with E-state index in [4.69, 9.17) is 11.6 Å². The van der Waals surface area contributed by atoms with E-state index in [1.165, 1.54) is 0 Å². The second-order valence-electron chi connectivity index (χ2n) is 5.67. The van der Waals surface area contributed by atoms with Crippen LogP contribution in [0.25, 0.3) is 0 Å². The molecule has 7 heteroatoms. The second kappa shape index (κ2) is 9.53. The first-order valence-corrected chi connectivity index (χ1v) is 9.04. The van der Waals surface area contributed by atoms with Gasteiger partial charge in [-0.15, -0.1) is 0 Å². The Kier molecular flexibility index (Phi) is 7.40. The Bertz CT molecular complexity index is 720. The maximum Gasteiger partial charge on any atom is 0.226 e. The fraction of sp³-hybridized carbons (Fsp3) is 0.278. The Morgan fingerprint density at radius 1 is 1.12 bits per heavy atom. The molecular weight excluding hydrogens is 406 g/mol. The van der Waals surface area contributed by atoms with Crippen LogP contribution in [0.4, 0.5) is 5.82 Å². The molecule has 0 spiro atoms. The molecule has 0 saturated carbocycles. The van der Waals surface area contributed by atoms with Crippen molar-refractivity contribution in [3.63, 3.8) is 0 Å². The number of anilines is 1. The van der Waals surface area contributed by atoms with Crippen LogP contribution in [0.2, 0.25) is 5.02 Å². The van der Waals surface area contributed by atoms with Gasteiger partial charge in [0.2, 0.25) is 11.8 Å². The number of halogens is 2. The van der Waals surface area contributed by atoms with Crippen LogP contribution in [0.3, 0.4) is 0 Å². The standard InChI is InChI=1S/C18H19BrClN3O2/c1-12(13-2-5-15(20)6-3-13)10-22-17(24)8-9-18(25)23-16-7-4-14(19)11-21-16/h2-7,11-12H,8-10H2,1H3,(H,22,24)(H,21,23,25). The largest absolute Gasteiger partial charge is 0.355 e. The van der Waals surface area contributed by atoms with E-state index in [1.54, 1.807) is 18.3 Å². The number of rotatable bonds is 7. The van der Waals surface area contributed by atoms with Crippen LogP contribution in [0.5, 0.6) is 0 Å². The lowest BCUT2D eigenvalue weighted by Gasteiger charge is -2.13. The molecule has 0 aliphatic carbocycles. The van der Waals surface area contributed by atoms with E-state index >= 15 is 0 Å². The molecule has 25 heavy (non-hydrogen) atoms. The van der Waals surface area contributed by atoms with Crippen molar-refractivity contribution in [2.75, 3.05) is 11.9 Å². The average Bonchev–Trinajstić information content (AvgIpc) is 2.60. The van der Waals surface area contributed by atoms with Crippen molar-refractivity contribution >= 4 is 45.2 Å². The van der Waals surface area contributed by atoms with Crippen LogP contribution in [-0.4, -0.2) is 23.3 Å². The van der Waals surface area contributed by atoms with Gasteiger partial charge in [0.15, 0.2) is 0 Å². The molecule has 1 aromatic carbocycles. The van der Waals surface area contributed by atoms with E-state index in [0.717, 1.165) is 10.0 Å². The second-order valence-corrected chi connectivity index (χ2v) is 7.02. The van der Waals surface area contributed by atoms with Crippen LogP contribution in [0.1, 0.15) is 31.2 Å². The van der Waals surface area contributed by atoms with Crippen LogP contribution >= 0.6 is 27.5 Å². The third kappa shape index (κ3) is 6.84. The van der Waals surface area contributed by atoms with E-state index in [0.29, 0.717) is 17.4 Å². The highest BCUT2D eigenvalue weighted by Gasteiger charge is 2.10. The third-order valence-corrected chi connectivity index (χ3v) is 4.34. The van der Waals surface area contributed by atoms with Crippen molar-refractivity contribution in [3.05, 3.63) is 57.7 Å². The Labute approximate surface area is 160 Å². The summed E-state index contributed by atoms with van der Waals surface area (Å²) >= 11 is 9.14. The quantitative estimate of drug-likeness (QED) is 0.702. The van der Waals surface area contributed by atoms with E-state index in [9.17, 15) is 9.59 Å². The topological polar surface area (TPSA) is 71.1 Å². The molecule has 1 aromatic heterocycles. The van der Waals surface area contributed by atoms with E-state index in [2.05, 4.69) is 31.5 Å². The predicted molar refractivity (Wildman–Crippen MR) is 103 cm³/mol. The number of amides is 2. The van der Waals surface area contributed by atoms with Crippen molar-refractivity contribution in [1.29, 1.82) is 0 Å². The molecule has 0 radical (unpaired) electrons. The first-order valence-electron chi connectivity index (χ1n) is 7.87. The number of nitrogens with one attached hydrogen (secondary N) is 2. The van der Waals surface area contributed by atoms with Gasteiger partial charge in [0.25, 0.3) is 0 Å². The lowest BCUT2D eigenvalue weighted by atomic mass is 10.0. The molecule has 0 aliphatic heterocycles. The number of pyridine rings is 1. The number of carbonyl (C=O) groups excluding carboxylic acids is 2. The number of benzene rings is 1. The minimum atomic E-state index is -0.240.